The second kappa shape index (κ2) is 9.20. The van der Waals surface area contributed by atoms with Gasteiger partial charge < -0.3 is 15.2 Å². The first-order valence-electron chi connectivity index (χ1n) is 10.1. The van der Waals surface area contributed by atoms with Crippen LogP contribution in [0, 0.1) is 17.4 Å². The molecule has 2 N–H and O–H groups in total. The highest BCUT2D eigenvalue weighted by Gasteiger charge is 2.32. The van der Waals surface area contributed by atoms with Gasteiger partial charge in [-0.05, 0) is 72.4 Å². The summed E-state index contributed by atoms with van der Waals surface area (Å²) in [5, 5.41) is 4.19. The van der Waals surface area contributed by atoms with E-state index in [9.17, 15) is 9.18 Å². The van der Waals surface area contributed by atoms with Crippen LogP contribution in [0.2, 0.25) is 5.02 Å². The molecule has 31 heavy (non-hydrogen) atoms. The molecular formula is C24H23ClFN3OS. The Bertz CT molecular complexity index is 1150. The van der Waals surface area contributed by atoms with Gasteiger partial charge >= 0.3 is 0 Å². The van der Waals surface area contributed by atoms with E-state index in [4.69, 9.17) is 23.8 Å². The van der Waals surface area contributed by atoms with Crippen LogP contribution in [0.1, 0.15) is 34.9 Å². The summed E-state index contributed by atoms with van der Waals surface area (Å²) in [4.78, 5) is 16.5. The Balaban J connectivity index is 1.76. The van der Waals surface area contributed by atoms with Crippen LogP contribution in [0.15, 0.2) is 54.7 Å². The molecule has 160 valence electrons. The number of pyridine rings is 1. The van der Waals surface area contributed by atoms with Gasteiger partial charge in [-0.1, -0.05) is 36.0 Å². The van der Waals surface area contributed by atoms with Crippen LogP contribution in [0.3, 0.4) is 0 Å². The summed E-state index contributed by atoms with van der Waals surface area (Å²) in [7, 11) is 0. The van der Waals surface area contributed by atoms with Gasteiger partial charge in [-0.2, -0.15) is 0 Å². The average Bonchev–Trinajstić information content (AvgIpc) is 2.76. The van der Waals surface area contributed by atoms with E-state index in [1.54, 1.807) is 4.90 Å². The number of halogens is 2. The summed E-state index contributed by atoms with van der Waals surface area (Å²) in [6.45, 7) is 3.24. The second-order valence-corrected chi connectivity index (χ2v) is 8.78. The molecule has 1 amide bonds. The standard InChI is InChI=1S/C24H23ClFN3OS/c1-15-10-17(25)4-7-22(15)28-23-11-24(31)27-12-20(23)21-13-29(14-30)9-8-19(21)16-2-5-18(26)6-3-16/h2-7,10-12,14,19,21H,8-9,13H2,1H3,(H2,27,28,31). The van der Waals surface area contributed by atoms with E-state index in [0.29, 0.717) is 22.8 Å². The van der Waals surface area contributed by atoms with Crippen molar-refractivity contribution in [1.29, 1.82) is 0 Å². The van der Waals surface area contributed by atoms with Gasteiger partial charge in [-0.3, -0.25) is 4.79 Å². The summed E-state index contributed by atoms with van der Waals surface area (Å²) >= 11 is 11.5. The van der Waals surface area contributed by atoms with Crippen molar-refractivity contribution in [2.75, 3.05) is 18.4 Å². The monoisotopic (exact) mass is 455 g/mol. The number of rotatable bonds is 5. The zero-order valence-corrected chi connectivity index (χ0v) is 18.6. The number of anilines is 2. The summed E-state index contributed by atoms with van der Waals surface area (Å²) < 4.78 is 14.1. The van der Waals surface area contributed by atoms with Gasteiger partial charge in [0.25, 0.3) is 0 Å². The quantitative estimate of drug-likeness (QED) is 0.349. The molecule has 2 unspecified atom stereocenters. The molecule has 1 fully saturated rings. The molecule has 1 aliphatic rings. The number of benzene rings is 2. The largest absolute Gasteiger partial charge is 0.355 e. The topological polar surface area (TPSA) is 48.1 Å². The SMILES string of the molecule is Cc1cc(Cl)ccc1Nc1cc(=S)[nH]cc1C1CN(C=O)CCC1c1ccc(F)cc1. The number of hydrogen-bond acceptors (Lipinski definition) is 3. The second-order valence-electron chi connectivity index (χ2n) is 7.90. The normalized spacial score (nSPS) is 18.6. The number of nitrogens with one attached hydrogen (secondary N) is 2. The minimum absolute atomic E-state index is 0.0198. The number of amides is 1. The van der Waals surface area contributed by atoms with Gasteiger partial charge in [0.15, 0.2) is 0 Å². The van der Waals surface area contributed by atoms with Crippen LogP contribution in [0.25, 0.3) is 0 Å². The average molecular weight is 456 g/mol. The van der Waals surface area contributed by atoms with Crippen molar-refractivity contribution >= 4 is 41.6 Å². The smallest absolute Gasteiger partial charge is 0.209 e. The Morgan fingerprint density at radius 3 is 2.65 bits per heavy atom. The van der Waals surface area contributed by atoms with Crippen LogP contribution in [-0.4, -0.2) is 29.4 Å². The summed E-state index contributed by atoms with van der Waals surface area (Å²) in [6.07, 6.45) is 3.62. The summed E-state index contributed by atoms with van der Waals surface area (Å²) in [6, 6.07) is 14.3. The third-order valence-corrected chi connectivity index (χ3v) is 6.38. The Hall–Kier alpha value is -2.70. The Labute approximate surface area is 191 Å². The maximum absolute atomic E-state index is 13.5. The zero-order chi connectivity index (χ0) is 22.0. The molecule has 0 aliphatic carbocycles. The molecular weight excluding hydrogens is 433 g/mol. The molecule has 4 rings (SSSR count). The minimum Gasteiger partial charge on any atom is -0.355 e. The molecule has 2 heterocycles. The van der Waals surface area contributed by atoms with Crippen LogP contribution < -0.4 is 5.32 Å². The van der Waals surface area contributed by atoms with Gasteiger partial charge in [0.05, 0.1) is 0 Å². The summed E-state index contributed by atoms with van der Waals surface area (Å²) in [5.41, 5.74) is 4.94. The number of carbonyl (C=O) groups is 1. The molecule has 2 aromatic carbocycles. The van der Waals surface area contributed by atoms with Crippen molar-refractivity contribution in [3.8, 4) is 0 Å². The van der Waals surface area contributed by atoms with Gasteiger partial charge in [-0.15, -0.1) is 0 Å². The van der Waals surface area contributed by atoms with Crippen LogP contribution in [0.4, 0.5) is 15.8 Å². The number of aryl methyl sites for hydroxylation is 1. The molecule has 0 radical (unpaired) electrons. The number of nitrogens with zero attached hydrogens (tertiary/aromatic N) is 1. The molecule has 2 atom stereocenters. The van der Waals surface area contributed by atoms with E-state index < -0.39 is 0 Å². The van der Waals surface area contributed by atoms with E-state index >= 15 is 0 Å². The van der Waals surface area contributed by atoms with Crippen molar-refractivity contribution < 1.29 is 9.18 Å². The molecule has 4 nitrogen and oxygen atoms in total. The number of piperidine rings is 1. The molecule has 0 saturated carbocycles. The molecule has 1 aliphatic heterocycles. The first-order valence-corrected chi connectivity index (χ1v) is 10.9. The lowest BCUT2D eigenvalue weighted by molar-refractivity contribution is -0.119. The van der Waals surface area contributed by atoms with E-state index in [1.165, 1.54) is 12.1 Å². The van der Waals surface area contributed by atoms with Gasteiger partial charge in [0, 0.05) is 41.6 Å². The number of H-pyrrole nitrogens is 1. The Kier molecular flexibility index (Phi) is 6.39. The molecule has 0 spiro atoms. The summed E-state index contributed by atoms with van der Waals surface area (Å²) in [5.74, 6) is -0.0885. The van der Waals surface area contributed by atoms with Crippen LogP contribution >= 0.6 is 23.8 Å². The fourth-order valence-corrected chi connectivity index (χ4v) is 4.71. The number of aromatic nitrogens is 1. The maximum Gasteiger partial charge on any atom is 0.209 e. The molecule has 1 saturated heterocycles. The van der Waals surface area contributed by atoms with E-state index in [-0.39, 0.29) is 17.7 Å². The highest BCUT2D eigenvalue weighted by molar-refractivity contribution is 7.71. The highest BCUT2D eigenvalue weighted by atomic mass is 35.5. The van der Waals surface area contributed by atoms with Crippen LogP contribution in [0.5, 0.6) is 0 Å². The lowest BCUT2D eigenvalue weighted by Crippen LogP contribution is -2.37. The Morgan fingerprint density at radius 2 is 1.94 bits per heavy atom. The van der Waals surface area contributed by atoms with Crippen molar-refractivity contribution in [3.63, 3.8) is 0 Å². The number of hydrogen-bond donors (Lipinski definition) is 2. The number of likely N-dealkylation sites (tertiary alicyclic amines) is 1. The van der Waals surface area contributed by atoms with Gasteiger partial charge in [-0.25, -0.2) is 4.39 Å². The number of aromatic amines is 1. The first kappa shape index (κ1) is 21.5. The predicted octanol–water partition coefficient (Wildman–Crippen LogP) is 6.32. The third kappa shape index (κ3) is 4.81. The van der Waals surface area contributed by atoms with Crippen molar-refractivity contribution in [1.82, 2.24) is 9.88 Å². The van der Waals surface area contributed by atoms with E-state index in [1.807, 2.05) is 49.5 Å². The molecule has 0 bridgehead atoms. The van der Waals surface area contributed by atoms with E-state index in [0.717, 1.165) is 40.9 Å². The molecule has 1 aromatic heterocycles. The van der Waals surface area contributed by atoms with Crippen molar-refractivity contribution in [3.05, 3.63) is 86.9 Å². The van der Waals surface area contributed by atoms with Crippen LogP contribution in [-0.2, 0) is 4.79 Å². The zero-order valence-electron chi connectivity index (χ0n) is 17.1. The first-order chi connectivity index (χ1) is 14.9. The fourth-order valence-electron chi connectivity index (χ4n) is 4.31. The predicted molar refractivity (Wildman–Crippen MR) is 125 cm³/mol. The minimum atomic E-state index is -0.255. The van der Waals surface area contributed by atoms with Crippen molar-refractivity contribution in [2.24, 2.45) is 0 Å². The van der Waals surface area contributed by atoms with Gasteiger partial charge in [0.1, 0.15) is 10.5 Å². The molecule has 3 aromatic rings. The lowest BCUT2D eigenvalue weighted by Gasteiger charge is -2.38. The lowest BCUT2D eigenvalue weighted by atomic mass is 9.76. The van der Waals surface area contributed by atoms with E-state index in [2.05, 4.69) is 10.3 Å². The van der Waals surface area contributed by atoms with Crippen molar-refractivity contribution in [2.45, 2.75) is 25.2 Å². The number of carbonyl (C=O) groups excluding carboxylic acids is 1. The highest BCUT2D eigenvalue weighted by Crippen LogP contribution is 2.42. The fraction of sp³-hybridized carbons (Fsp3) is 0.250. The third-order valence-electron chi connectivity index (χ3n) is 5.91. The molecule has 7 heteroatoms. The van der Waals surface area contributed by atoms with Gasteiger partial charge in [0.2, 0.25) is 6.41 Å². The maximum atomic E-state index is 13.5. The Morgan fingerprint density at radius 1 is 1.16 bits per heavy atom.